The molecule has 0 saturated heterocycles. The molecule has 39 heavy (non-hydrogen) atoms. The minimum absolute atomic E-state index is 0.0376. The van der Waals surface area contributed by atoms with Crippen molar-refractivity contribution in [2.45, 2.75) is 27.2 Å². The van der Waals surface area contributed by atoms with Crippen LogP contribution in [0.5, 0.6) is 0 Å². The molecular weight excluding hydrogens is 594 g/mol. The maximum Gasteiger partial charge on any atom is 0.338 e. The number of hydrogen-bond acceptors (Lipinski definition) is 9. The summed E-state index contributed by atoms with van der Waals surface area (Å²) in [4.78, 5) is 51.2. The van der Waals surface area contributed by atoms with E-state index in [0.29, 0.717) is 26.7 Å². The predicted octanol–water partition coefficient (Wildman–Crippen LogP) is 5.09. The lowest BCUT2D eigenvalue weighted by molar-refractivity contribution is -0.150. The molecule has 0 unspecified atom stereocenters. The Labute approximate surface area is 246 Å². The highest BCUT2D eigenvalue weighted by Gasteiger charge is 2.10. The van der Waals surface area contributed by atoms with Crippen molar-refractivity contribution in [2.24, 2.45) is 0 Å². The molecule has 0 atom stereocenters. The molecule has 0 spiro atoms. The third kappa shape index (κ3) is 18.8. The highest BCUT2D eigenvalue weighted by molar-refractivity contribution is 6.34. The van der Waals surface area contributed by atoms with Gasteiger partial charge in [-0.25, -0.2) is 24.4 Å². The van der Waals surface area contributed by atoms with E-state index >= 15 is 0 Å². The van der Waals surface area contributed by atoms with E-state index < -0.39 is 17.9 Å². The normalized spacial score (nSPS) is 11.6. The Morgan fingerprint density at radius 1 is 0.872 bits per heavy atom. The molecule has 0 aromatic carbocycles. The highest BCUT2D eigenvalue weighted by atomic mass is 35.5. The first kappa shape index (κ1) is 36.0. The van der Waals surface area contributed by atoms with Crippen LogP contribution in [0.15, 0.2) is 48.6 Å². The number of ether oxygens (including phenoxy) is 1. The number of aliphatic carboxylic acids is 1. The zero-order valence-corrected chi connectivity index (χ0v) is 24.4. The maximum absolute atomic E-state index is 11.3. The summed E-state index contributed by atoms with van der Waals surface area (Å²) in [5.41, 5.74) is 5.68. The molecule has 14 heteroatoms. The van der Waals surface area contributed by atoms with Crippen LogP contribution in [0.25, 0.3) is 0 Å². The Balaban J connectivity index is 0.000000533. The predicted molar refractivity (Wildman–Crippen MR) is 152 cm³/mol. The number of nitrogen functional groups attached to an aromatic ring is 1. The van der Waals surface area contributed by atoms with Crippen molar-refractivity contribution in [3.63, 3.8) is 0 Å². The number of pyridine rings is 2. The molecule has 10 nitrogen and oxygen atoms in total. The number of cyclic esters (lactones) is 2. The lowest BCUT2D eigenvalue weighted by Gasteiger charge is -2.13. The topological polar surface area (TPSA) is 153 Å². The van der Waals surface area contributed by atoms with E-state index in [1.54, 1.807) is 0 Å². The Morgan fingerprint density at radius 3 is 1.69 bits per heavy atom. The van der Waals surface area contributed by atoms with E-state index in [2.05, 4.69) is 40.4 Å². The SMILES string of the molecule is CCN(CC)CC.Nc1cc(Cl)cc(Cl)n1.O=C(O)/C=C/C(=O)Cc1cc(Cl)cc(Cl)n1.O=C1C=CC(=O)O1. The summed E-state index contributed by atoms with van der Waals surface area (Å²) >= 11 is 22.4. The number of hydrogen-bond donors (Lipinski definition) is 2. The zero-order chi connectivity index (χ0) is 30.0. The number of carboxylic acids is 1. The number of aromatic nitrogens is 2. The Bertz CT molecular complexity index is 1090. The second-order valence-electron chi connectivity index (χ2n) is 7.14. The number of carbonyl (C=O) groups excluding carboxylic acids is 3. The van der Waals surface area contributed by atoms with Crippen molar-refractivity contribution in [2.75, 3.05) is 25.4 Å². The Kier molecular flexibility index (Phi) is 18.4. The van der Waals surface area contributed by atoms with Crippen LogP contribution in [0.2, 0.25) is 20.4 Å². The molecule has 0 amide bonds. The van der Waals surface area contributed by atoms with Crippen molar-refractivity contribution >= 4 is 75.9 Å². The molecular formula is C25H28Cl4N4O6. The number of anilines is 1. The molecule has 3 rings (SSSR count). The minimum atomic E-state index is -1.18. The Morgan fingerprint density at radius 2 is 1.36 bits per heavy atom. The third-order valence-electron chi connectivity index (χ3n) is 4.26. The van der Waals surface area contributed by atoms with Crippen molar-refractivity contribution in [1.29, 1.82) is 0 Å². The van der Waals surface area contributed by atoms with Crippen LogP contribution < -0.4 is 5.73 Å². The number of halogens is 4. The maximum atomic E-state index is 11.3. The van der Waals surface area contributed by atoms with Crippen molar-refractivity contribution < 1.29 is 29.0 Å². The molecule has 2 aromatic heterocycles. The van der Waals surface area contributed by atoms with Crippen LogP contribution in [0.1, 0.15) is 26.5 Å². The van der Waals surface area contributed by atoms with Gasteiger partial charge in [-0.15, -0.1) is 0 Å². The first-order chi connectivity index (χ1) is 18.3. The average Bonchev–Trinajstić information content (AvgIpc) is 3.21. The van der Waals surface area contributed by atoms with Crippen molar-refractivity contribution in [1.82, 2.24) is 14.9 Å². The molecule has 0 fully saturated rings. The summed E-state index contributed by atoms with van der Waals surface area (Å²) in [6.07, 6.45) is 3.88. The monoisotopic (exact) mass is 620 g/mol. The first-order valence-electron chi connectivity index (χ1n) is 11.3. The number of esters is 2. The average molecular weight is 622 g/mol. The van der Waals surface area contributed by atoms with Gasteiger partial charge >= 0.3 is 17.9 Å². The van der Waals surface area contributed by atoms with Crippen LogP contribution in [-0.2, 0) is 30.3 Å². The van der Waals surface area contributed by atoms with Gasteiger partial charge in [0.1, 0.15) is 16.1 Å². The van der Waals surface area contributed by atoms with Crippen molar-refractivity contribution in [3.05, 3.63) is 74.6 Å². The number of nitrogens with zero attached hydrogens (tertiary/aromatic N) is 3. The largest absolute Gasteiger partial charge is 0.478 e. The van der Waals surface area contributed by atoms with Gasteiger partial charge in [-0.05, 0) is 50.0 Å². The molecule has 0 radical (unpaired) electrons. The number of ketones is 1. The summed E-state index contributed by atoms with van der Waals surface area (Å²) in [6.45, 7) is 10.1. The molecule has 0 saturated carbocycles. The lowest BCUT2D eigenvalue weighted by atomic mass is 10.2. The van der Waals surface area contributed by atoms with Gasteiger partial charge in [-0.2, -0.15) is 0 Å². The summed E-state index contributed by atoms with van der Waals surface area (Å²) < 4.78 is 3.97. The zero-order valence-electron chi connectivity index (χ0n) is 21.4. The van der Waals surface area contributed by atoms with E-state index in [-0.39, 0.29) is 17.4 Å². The molecule has 1 aliphatic heterocycles. The van der Waals surface area contributed by atoms with Crippen LogP contribution >= 0.6 is 46.4 Å². The fourth-order valence-corrected chi connectivity index (χ4v) is 3.46. The Hall–Kier alpha value is -3.02. The molecule has 212 valence electrons. The smallest absolute Gasteiger partial charge is 0.338 e. The second kappa shape index (κ2) is 20.0. The number of rotatable bonds is 7. The van der Waals surface area contributed by atoms with Gasteiger partial charge < -0.3 is 20.5 Å². The van der Waals surface area contributed by atoms with Gasteiger partial charge in [0.05, 0.1) is 12.1 Å². The van der Waals surface area contributed by atoms with E-state index in [4.69, 9.17) is 57.2 Å². The molecule has 3 heterocycles. The molecule has 3 N–H and O–H groups in total. The van der Waals surface area contributed by atoms with Gasteiger partial charge in [0.2, 0.25) is 0 Å². The fourth-order valence-electron chi connectivity index (χ4n) is 2.47. The van der Waals surface area contributed by atoms with E-state index in [1.807, 2.05) is 0 Å². The number of carboxylic acid groups (broad SMARTS) is 1. The van der Waals surface area contributed by atoms with Gasteiger partial charge in [0.15, 0.2) is 5.78 Å². The van der Waals surface area contributed by atoms with E-state index in [0.717, 1.165) is 24.3 Å². The highest BCUT2D eigenvalue weighted by Crippen LogP contribution is 2.16. The summed E-state index contributed by atoms with van der Waals surface area (Å²) in [7, 11) is 0. The summed E-state index contributed by atoms with van der Waals surface area (Å²) in [5.74, 6) is -2.37. The fraction of sp³-hybridized carbons (Fsp3) is 0.280. The van der Waals surface area contributed by atoms with Crippen molar-refractivity contribution in [3.8, 4) is 0 Å². The first-order valence-corrected chi connectivity index (χ1v) is 12.8. The lowest BCUT2D eigenvalue weighted by Crippen LogP contribution is -2.21. The van der Waals surface area contributed by atoms with Gasteiger partial charge in [-0.3, -0.25) is 4.79 Å². The number of carbonyl (C=O) groups is 4. The van der Waals surface area contributed by atoms with E-state index in [1.165, 1.54) is 43.9 Å². The number of nitrogens with two attached hydrogens (primary N) is 1. The minimum Gasteiger partial charge on any atom is -0.478 e. The van der Waals surface area contributed by atoms with E-state index in [9.17, 15) is 19.2 Å². The van der Waals surface area contributed by atoms with Crippen LogP contribution in [0.3, 0.4) is 0 Å². The van der Waals surface area contributed by atoms with Crippen LogP contribution in [-0.4, -0.2) is 63.3 Å². The van der Waals surface area contributed by atoms with Gasteiger partial charge in [-0.1, -0.05) is 67.2 Å². The quantitative estimate of drug-likeness (QED) is 0.185. The van der Waals surface area contributed by atoms with Crippen LogP contribution in [0.4, 0.5) is 5.82 Å². The standard InChI is InChI=1S/C10H7Cl2NO3.C6H15N.C5H4Cl2N2.C4H2O3/c11-6-3-7(13-9(12)4-6)5-8(14)1-2-10(15)16;1-4-7(5-2)6-3;6-3-1-4(7)9-5(8)2-3;5-3-1-2-4(6)7-3/h1-4H,5H2,(H,15,16);4-6H2,1-3H3;1-2H,(H2,8,9);1-2H/b2-1+;;;. The molecule has 2 aromatic rings. The van der Waals surface area contributed by atoms with Gasteiger partial charge in [0.25, 0.3) is 0 Å². The summed E-state index contributed by atoms with van der Waals surface area (Å²) in [5, 5.41) is 9.72. The molecule has 0 bridgehead atoms. The molecule has 1 aliphatic rings. The van der Waals surface area contributed by atoms with Crippen LogP contribution in [0, 0.1) is 0 Å². The second-order valence-corrected chi connectivity index (χ2v) is 8.79. The molecule has 0 aliphatic carbocycles. The summed E-state index contributed by atoms with van der Waals surface area (Å²) in [6, 6.07) is 6.01. The third-order valence-corrected chi connectivity index (χ3v) is 5.08. The van der Waals surface area contributed by atoms with Gasteiger partial charge in [0, 0.05) is 28.3 Å². The number of allylic oxidation sites excluding steroid dienone is 1.